The maximum atomic E-state index is 6.23. The summed E-state index contributed by atoms with van der Waals surface area (Å²) in [6.45, 7) is 5.98. The summed E-state index contributed by atoms with van der Waals surface area (Å²) in [5, 5.41) is 8.84. The van der Waals surface area contributed by atoms with Gasteiger partial charge in [0.25, 0.3) is 0 Å². The van der Waals surface area contributed by atoms with Crippen LogP contribution in [0.5, 0.6) is 5.75 Å². The van der Waals surface area contributed by atoms with Gasteiger partial charge in [0.15, 0.2) is 0 Å². The summed E-state index contributed by atoms with van der Waals surface area (Å²) in [7, 11) is 1.63. The lowest BCUT2D eigenvalue weighted by atomic mass is 9.89. The number of hydrogen-bond donors (Lipinski definition) is 0. The number of aromatic nitrogens is 2. The second-order valence-corrected chi connectivity index (χ2v) is 6.50. The number of piperidine rings is 1. The van der Waals surface area contributed by atoms with Gasteiger partial charge in [-0.25, -0.2) is 0 Å². The normalized spacial score (nSPS) is 22.3. The van der Waals surface area contributed by atoms with Crippen molar-refractivity contribution in [3.05, 3.63) is 40.6 Å². The Labute approximate surface area is 141 Å². The first-order valence-electron chi connectivity index (χ1n) is 7.95. The quantitative estimate of drug-likeness (QED) is 0.850. The van der Waals surface area contributed by atoms with Crippen molar-refractivity contribution in [2.24, 2.45) is 0 Å². The molecule has 124 valence electrons. The van der Waals surface area contributed by atoms with Crippen molar-refractivity contribution in [1.29, 1.82) is 0 Å². The maximum Gasteiger partial charge on any atom is 0.221 e. The molecule has 0 unspecified atom stereocenters. The standard InChI is InChI=1S/C17H22ClN3O2/c1-11-14(17-20-19-12(2)23-17)5-4-8-21(11)10-13-6-7-16(22-3)15(18)9-13/h6-7,9,11,14H,4-5,8,10H2,1-3H3/t11-,14-/m0/s1. The molecule has 1 aliphatic rings. The van der Waals surface area contributed by atoms with E-state index in [1.165, 1.54) is 5.56 Å². The average molecular weight is 336 g/mol. The molecule has 3 rings (SSSR count). The Balaban J connectivity index is 1.73. The van der Waals surface area contributed by atoms with Gasteiger partial charge in [-0.15, -0.1) is 10.2 Å². The Morgan fingerprint density at radius 3 is 2.87 bits per heavy atom. The van der Waals surface area contributed by atoms with Gasteiger partial charge in [0.05, 0.1) is 18.1 Å². The van der Waals surface area contributed by atoms with Gasteiger partial charge in [-0.1, -0.05) is 17.7 Å². The topological polar surface area (TPSA) is 51.4 Å². The van der Waals surface area contributed by atoms with E-state index < -0.39 is 0 Å². The van der Waals surface area contributed by atoms with Gasteiger partial charge in [-0.3, -0.25) is 4.90 Å². The third kappa shape index (κ3) is 3.51. The molecule has 0 amide bonds. The minimum Gasteiger partial charge on any atom is -0.495 e. The summed E-state index contributed by atoms with van der Waals surface area (Å²) in [6.07, 6.45) is 2.21. The molecule has 1 saturated heterocycles. The van der Waals surface area contributed by atoms with E-state index >= 15 is 0 Å². The number of aryl methyl sites for hydroxylation is 1. The Hall–Kier alpha value is -1.59. The highest BCUT2D eigenvalue weighted by atomic mass is 35.5. The van der Waals surface area contributed by atoms with Crippen LogP contribution in [0.3, 0.4) is 0 Å². The van der Waals surface area contributed by atoms with Crippen molar-refractivity contribution in [3.8, 4) is 5.75 Å². The van der Waals surface area contributed by atoms with Crippen LogP contribution < -0.4 is 4.74 Å². The van der Waals surface area contributed by atoms with E-state index in [-0.39, 0.29) is 0 Å². The zero-order valence-electron chi connectivity index (χ0n) is 13.8. The highest BCUT2D eigenvalue weighted by Crippen LogP contribution is 2.33. The van der Waals surface area contributed by atoms with Gasteiger partial charge < -0.3 is 9.15 Å². The van der Waals surface area contributed by atoms with E-state index in [2.05, 4.69) is 28.1 Å². The van der Waals surface area contributed by atoms with Gasteiger partial charge in [-0.2, -0.15) is 0 Å². The molecule has 0 saturated carbocycles. The molecule has 0 N–H and O–H groups in total. The number of rotatable bonds is 4. The monoisotopic (exact) mass is 335 g/mol. The molecule has 0 aliphatic carbocycles. The van der Waals surface area contributed by atoms with Crippen molar-refractivity contribution < 1.29 is 9.15 Å². The molecule has 1 fully saturated rings. The lowest BCUT2D eigenvalue weighted by Crippen LogP contribution is -2.41. The summed E-state index contributed by atoms with van der Waals surface area (Å²) in [4.78, 5) is 2.45. The average Bonchev–Trinajstić information content (AvgIpc) is 2.96. The van der Waals surface area contributed by atoms with E-state index in [0.717, 1.165) is 31.8 Å². The number of ether oxygens (including phenoxy) is 1. The molecule has 2 atom stereocenters. The Kier molecular flexibility index (Phi) is 4.87. The third-order valence-corrected chi connectivity index (χ3v) is 4.87. The van der Waals surface area contributed by atoms with Crippen molar-refractivity contribution in [1.82, 2.24) is 15.1 Å². The summed E-state index contributed by atoms with van der Waals surface area (Å²) in [5.41, 5.74) is 1.19. The number of benzene rings is 1. The smallest absolute Gasteiger partial charge is 0.221 e. The summed E-state index contributed by atoms with van der Waals surface area (Å²) >= 11 is 6.23. The van der Waals surface area contributed by atoms with Crippen LogP contribution in [0.25, 0.3) is 0 Å². The van der Waals surface area contributed by atoms with E-state index in [4.69, 9.17) is 20.8 Å². The van der Waals surface area contributed by atoms with E-state index in [1.54, 1.807) is 7.11 Å². The number of nitrogens with zero attached hydrogens (tertiary/aromatic N) is 3. The van der Waals surface area contributed by atoms with Crippen LogP contribution in [0.4, 0.5) is 0 Å². The predicted octanol–water partition coefficient (Wildman–Crippen LogP) is 3.81. The van der Waals surface area contributed by atoms with E-state index in [0.29, 0.717) is 28.6 Å². The molecule has 0 spiro atoms. The zero-order valence-corrected chi connectivity index (χ0v) is 14.5. The first kappa shape index (κ1) is 16.3. The third-order valence-electron chi connectivity index (χ3n) is 4.58. The minimum atomic E-state index is 0.290. The summed E-state index contributed by atoms with van der Waals surface area (Å²) in [5.74, 6) is 2.39. The molecule has 1 aliphatic heterocycles. The van der Waals surface area contributed by atoms with Crippen LogP contribution in [-0.4, -0.2) is 34.8 Å². The van der Waals surface area contributed by atoms with E-state index in [1.807, 2.05) is 19.1 Å². The van der Waals surface area contributed by atoms with Crippen molar-refractivity contribution in [2.45, 2.75) is 45.2 Å². The van der Waals surface area contributed by atoms with Crippen molar-refractivity contribution in [3.63, 3.8) is 0 Å². The lowest BCUT2D eigenvalue weighted by molar-refractivity contribution is 0.119. The highest BCUT2D eigenvalue weighted by Gasteiger charge is 2.32. The lowest BCUT2D eigenvalue weighted by Gasteiger charge is -2.38. The number of halogens is 1. The van der Waals surface area contributed by atoms with Crippen LogP contribution in [0.15, 0.2) is 22.6 Å². The molecule has 1 aromatic carbocycles. The number of likely N-dealkylation sites (tertiary alicyclic amines) is 1. The first-order valence-corrected chi connectivity index (χ1v) is 8.32. The molecule has 0 radical (unpaired) electrons. The molecule has 2 heterocycles. The van der Waals surface area contributed by atoms with Crippen LogP contribution in [0.1, 0.15) is 43.0 Å². The van der Waals surface area contributed by atoms with Crippen LogP contribution in [0, 0.1) is 6.92 Å². The van der Waals surface area contributed by atoms with Crippen LogP contribution >= 0.6 is 11.6 Å². The SMILES string of the molecule is COc1ccc(CN2CCC[C@H](c3nnc(C)o3)[C@@H]2C)cc1Cl. The fraction of sp³-hybridized carbons (Fsp3) is 0.529. The Bertz CT molecular complexity index is 674. The largest absolute Gasteiger partial charge is 0.495 e. The number of hydrogen-bond acceptors (Lipinski definition) is 5. The second kappa shape index (κ2) is 6.89. The Morgan fingerprint density at radius 1 is 1.39 bits per heavy atom. The first-order chi connectivity index (χ1) is 11.1. The van der Waals surface area contributed by atoms with Gasteiger partial charge >= 0.3 is 0 Å². The zero-order chi connectivity index (χ0) is 16.4. The summed E-state index contributed by atoms with van der Waals surface area (Å²) in [6, 6.07) is 6.32. The molecule has 1 aromatic heterocycles. The highest BCUT2D eigenvalue weighted by molar-refractivity contribution is 6.32. The van der Waals surface area contributed by atoms with Gasteiger partial charge in [0, 0.05) is 19.5 Å². The molecule has 6 heteroatoms. The molecule has 2 aromatic rings. The fourth-order valence-corrected chi connectivity index (χ4v) is 3.55. The van der Waals surface area contributed by atoms with Crippen LogP contribution in [0.2, 0.25) is 5.02 Å². The predicted molar refractivity (Wildman–Crippen MR) is 88.9 cm³/mol. The molecular formula is C17H22ClN3O2. The van der Waals surface area contributed by atoms with Crippen molar-refractivity contribution >= 4 is 11.6 Å². The van der Waals surface area contributed by atoms with Gasteiger partial charge in [-0.05, 0) is 44.0 Å². The van der Waals surface area contributed by atoms with Gasteiger partial charge in [0.2, 0.25) is 11.8 Å². The molecular weight excluding hydrogens is 314 g/mol. The number of methoxy groups -OCH3 is 1. The molecule has 23 heavy (non-hydrogen) atoms. The maximum absolute atomic E-state index is 6.23. The summed E-state index contributed by atoms with van der Waals surface area (Å²) < 4.78 is 10.9. The Morgan fingerprint density at radius 2 is 2.22 bits per heavy atom. The van der Waals surface area contributed by atoms with Crippen LogP contribution in [-0.2, 0) is 6.54 Å². The van der Waals surface area contributed by atoms with Gasteiger partial charge in [0.1, 0.15) is 5.75 Å². The fourth-order valence-electron chi connectivity index (χ4n) is 3.27. The molecule has 5 nitrogen and oxygen atoms in total. The van der Waals surface area contributed by atoms with E-state index in [9.17, 15) is 0 Å². The minimum absolute atomic E-state index is 0.290. The second-order valence-electron chi connectivity index (χ2n) is 6.09. The van der Waals surface area contributed by atoms with Crippen molar-refractivity contribution in [2.75, 3.05) is 13.7 Å². The molecule has 0 bridgehead atoms.